The number of nitrogens with two attached hydrogens (primary N) is 1. The van der Waals surface area contributed by atoms with Gasteiger partial charge < -0.3 is 15.6 Å². The van der Waals surface area contributed by atoms with Gasteiger partial charge in [-0.1, -0.05) is 6.92 Å². The quantitative estimate of drug-likeness (QED) is 0.563. The molecule has 1 aromatic rings. The molecule has 1 heterocycles. The third-order valence-corrected chi connectivity index (χ3v) is 2.43. The van der Waals surface area contributed by atoms with Gasteiger partial charge in [-0.05, 0) is 20.3 Å². The molecule has 0 saturated carbocycles. The number of hydrogen-bond acceptors (Lipinski definition) is 3. The molecular formula is C10H20N6. The molecule has 0 spiro atoms. The van der Waals surface area contributed by atoms with Gasteiger partial charge >= 0.3 is 0 Å². The molecular weight excluding hydrogens is 204 g/mol. The number of guanidine groups is 1. The molecule has 0 saturated heterocycles. The third kappa shape index (κ3) is 3.52. The molecule has 0 aromatic carbocycles. The van der Waals surface area contributed by atoms with Crippen molar-refractivity contribution in [3.8, 4) is 0 Å². The Bertz CT molecular complexity index is 343. The SMILES string of the molecule is CCC(C)NC(N)=NCc1nncn1CC. The lowest BCUT2D eigenvalue weighted by Crippen LogP contribution is -2.38. The van der Waals surface area contributed by atoms with Crippen LogP contribution in [0.1, 0.15) is 33.0 Å². The predicted molar refractivity (Wildman–Crippen MR) is 63.9 cm³/mol. The van der Waals surface area contributed by atoms with Crippen LogP contribution in [0, 0.1) is 0 Å². The van der Waals surface area contributed by atoms with Gasteiger partial charge in [-0.25, -0.2) is 4.99 Å². The van der Waals surface area contributed by atoms with E-state index in [4.69, 9.17) is 5.73 Å². The molecule has 90 valence electrons. The van der Waals surface area contributed by atoms with E-state index >= 15 is 0 Å². The van der Waals surface area contributed by atoms with Crippen LogP contribution in [-0.2, 0) is 13.1 Å². The van der Waals surface area contributed by atoms with Crippen LogP contribution < -0.4 is 11.1 Å². The van der Waals surface area contributed by atoms with E-state index < -0.39 is 0 Å². The smallest absolute Gasteiger partial charge is 0.189 e. The molecule has 0 aliphatic rings. The van der Waals surface area contributed by atoms with E-state index in [1.165, 1.54) is 0 Å². The molecule has 0 amide bonds. The van der Waals surface area contributed by atoms with Crippen molar-refractivity contribution in [3.05, 3.63) is 12.2 Å². The average molecular weight is 224 g/mol. The highest BCUT2D eigenvalue weighted by Gasteiger charge is 2.02. The molecule has 1 aromatic heterocycles. The van der Waals surface area contributed by atoms with Crippen LogP contribution in [-0.4, -0.2) is 26.8 Å². The van der Waals surface area contributed by atoms with Gasteiger partial charge in [-0.15, -0.1) is 10.2 Å². The summed E-state index contributed by atoms with van der Waals surface area (Å²) in [4.78, 5) is 4.22. The number of nitrogens with zero attached hydrogens (tertiary/aromatic N) is 4. The number of aliphatic imine (C=N–C) groups is 1. The monoisotopic (exact) mass is 224 g/mol. The van der Waals surface area contributed by atoms with Gasteiger partial charge in [0, 0.05) is 12.6 Å². The van der Waals surface area contributed by atoms with Crippen molar-refractivity contribution in [2.75, 3.05) is 0 Å². The Hall–Kier alpha value is -1.59. The molecule has 16 heavy (non-hydrogen) atoms. The highest BCUT2D eigenvalue weighted by molar-refractivity contribution is 5.78. The lowest BCUT2D eigenvalue weighted by molar-refractivity contribution is 0.633. The van der Waals surface area contributed by atoms with E-state index in [-0.39, 0.29) is 0 Å². The fourth-order valence-corrected chi connectivity index (χ4v) is 1.22. The zero-order chi connectivity index (χ0) is 12.0. The maximum atomic E-state index is 5.74. The first-order valence-electron chi connectivity index (χ1n) is 5.60. The van der Waals surface area contributed by atoms with E-state index in [0.717, 1.165) is 18.8 Å². The Balaban J connectivity index is 2.52. The summed E-state index contributed by atoms with van der Waals surface area (Å²) in [5.41, 5.74) is 5.74. The molecule has 1 atom stereocenters. The summed E-state index contributed by atoms with van der Waals surface area (Å²) in [5, 5.41) is 10.9. The topological polar surface area (TPSA) is 81.1 Å². The molecule has 0 fully saturated rings. The summed E-state index contributed by atoms with van der Waals surface area (Å²) < 4.78 is 1.94. The van der Waals surface area contributed by atoms with E-state index in [2.05, 4.69) is 34.4 Å². The lowest BCUT2D eigenvalue weighted by atomic mass is 10.3. The van der Waals surface area contributed by atoms with Gasteiger partial charge in [-0.2, -0.15) is 0 Å². The molecule has 6 heteroatoms. The normalized spacial score (nSPS) is 13.8. The summed E-state index contributed by atoms with van der Waals surface area (Å²) in [6, 6.07) is 0.341. The second kappa shape index (κ2) is 6.09. The lowest BCUT2D eigenvalue weighted by Gasteiger charge is -2.11. The first-order valence-corrected chi connectivity index (χ1v) is 5.60. The van der Waals surface area contributed by atoms with Gasteiger partial charge in [0.15, 0.2) is 11.8 Å². The number of aromatic nitrogens is 3. The van der Waals surface area contributed by atoms with Crippen LogP contribution in [0.4, 0.5) is 0 Å². The molecule has 0 aliphatic heterocycles. The third-order valence-electron chi connectivity index (χ3n) is 2.43. The average Bonchev–Trinajstić information content (AvgIpc) is 2.73. The minimum Gasteiger partial charge on any atom is -0.370 e. The Morgan fingerprint density at radius 2 is 2.38 bits per heavy atom. The highest BCUT2D eigenvalue weighted by Crippen LogP contribution is 1.96. The van der Waals surface area contributed by atoms with Crippen molar-refractivity contribution in [2.45, 2.75) is 46.3 Å². The molecule has 1 unspecified atom stereocenters. The summed E-state index contributed by atoms with van der Waals surface area (Å²) in [7, 11) is 0. The summed E-state index contributed by atoms with van der Waals surface area (Å²) in [6.45, 7) is 7.51. The minimum absolute atomic E-state index is 0.341. The van der Waals surface area contributed by atoms with Crippen LogP contribution in [0.25, 0.3) is 0 Å². The van der Waals surface area contributed by atoms with Gasteiger partial charge in [0.2, 0.25) is 0 Å². The zero-order valence-corrected chi connectivity index (χ0v) is 10.1. The Labute approximate surface area is 96.0 Å². The van der Waals surface area contributed by atoms with Crippen molar-refractivity contribution >= 4 is 5.96 Å². The Kier molecular flexibility index (Phi) is 4.75. The first-order chi connectivity index (χ1) is 7.67. The molecule has 1 rings (SSSR count). The van der Waals surface area contributed by atoms with E-state index in [9.17, 15) is 0 Å². The maximum Gasteiger partial charge on any atom is 0.189 e. The van der Waals surface area contributed by atoms with E-state index in [1.54, 1.807) is 6.33 Å². The van der Waals surface area contributed by atoms with Crippen LogP contribution in [0.5, 0.6) is 0 Å². The van der Waals surface area contributed by atoms with Crippen LogP contribution in [0.2, 0.25) is 0 Å². The Morgan fingerprint density at radius 3 is 3.00 bits per heavy atom. The van der Waals surface area contributed by atoms with Crippen molar-refractivity contribution in [1.82, 2.24) is 20.1 Å². The number of rotatable bonds is 5. The first kappa shape index (κ1) is 12.5. The van der Waals surface area contributed by atoms with Gasteiger partial charge in [0.25, 0.3) is 0 Å². The summed E-state index contributed by atoms with van der Waals surface area (Å²) in [5.74, 6) is 1.29. The number of hydrogen-bond donors (Lipinski definition) is 2. The zero-order valence-electron chi connectivity index (χ0n) is 10.1. The largest absolute Gasteiger partial charge is 0.370 e. The molecule has 6 nitrogen and oxygen atoms in total. The fourth-order valence-electron chi connectivity index (χ4n) is 1.22. The Morgan fingerprint density at radius 1 is 1.62 bits per heavy atom. The second-order valence-electron chi connectivity index (χ2n) is 3.69. The van der Waals surface area contributed by atoms with Gasteiger partial charge in [0.05, 0.1) is 0 Å². The maximum absolute atomic E-state index is 5.74. The molecule has 0 aliphatic carbocycles. The van der Waals surface area contributed by atoms with Crippen LogP contribution >= 0.6 is 0 Å². The van der Waals surface area contributed by atoms with Crippen molar-refractivity contribution in [1.29, 1.82) is 0 Å². The van der Waals surface area contributed by atoms with Crippen molar-refractivity contribution in [3.63, 3.8) is 0 Å². The van der Waals surface area contributed by atoms with Gasteiger partial charge in [0.1, 0.15) is 12.9 Å². The molecule has 3 N–H and O–H groups in total. The summed E-state index contributed by atoms with van der Waals surface area (Å²) in [6.07, 6.45) is 2.71. The highest BCUT2D eigenvalue weighted by atomic mass is 15.3. The van der Waals surface area contributed by atoms with Gasteiger partial charge in [-0.3, -0.25) is 0 Å². The summed E-state index contributed by atoms with van der Waals surface area (Å²) >= 11 is 0. The number of nitrogens with one attached hydrogen (secondary N) is 1. The minimum atomic E-state index is 0.341. The second-order valence-corrected chi connectivity index (χ2v) is 3.69. The van der Waals surface area contributed by atoms with Crippen LogP contribution in [0.3, 0.4) is 0 Å². The molecule has 0 bridgehead atoms. The van der Waals surface area contributed by atoms with Crippen molar-refractivity contribution in [2.24, 2.45) is 10.7 Å². The number of aryl methyl sites for hydroxylation is 1. The van der Waals surface area contributed by atoms with Crippen LogP contribution in [0.15, 0.2) is 11.3 Å². The predicted octanol–water partition coefficient (Wildman–Crippen LogP) is 0.501. The molecule has 0 radical (unpaired) electrons. The van der Waals surface area contributed by atoms with E-state index in [1.807, 2.05) is 11.5 Å². The fraction of sp³-hybridized carbons (Fsp3) is 0.700. The standard InChI is InChI=1S/C10H20N6/c1-4-8(3)14-10(11)12-6-9-15-13-7-16(9)5-2/h7-8H,4-6H2,1-3H3,(H3,11,12,14). The van der Waals surface area contributed by atoms with E-state index in [0.29, 0.717) is 18.5 Å². The van der Waals surface area contributed by atoms with Crippen molar-refractivity contribution < 1.29 is 0 Å².